The highest BCUT2D eigenvalue weighted by atomic mass is 79.9. The number of halogens is 3. The normalized spacial score (nSPS) is 12.9. The van der Waals surface area contributed by atoms with E-state index in [9.17, 15) is 18.7 Å². The lowest BCUT2D eigenvalue weighted by molar-refractivity contribution is -0.116. The maximum atomic E-state index is 12.6. The zero-order chi connectivity index (χ0) is 11.6. The summed E-state index contributed by atoms with van der Waals surface area (Å²) < 4.78 is 25.2. The van der Waals surface area contributed by atoms with E-state index >= 15 is 0 Å². The molecule has 1 atom stereocenters. The van der Waals surface area contributed by atoms with Gasteiger partial charge >= 0.3 is 0 Å². The van der Waals surface area contributed by atoms with Crippen LogP contribution in [0, 0.1) is 0 Å². The predicted octanol–water partition coefficient (Wildman–Crippen LogP) is 3.35. The van der Waals surface area contributed by atoms with Crippen LogP contribution in [0.15, 0.2) is 18.2 Å². The molecule has 82 valence electrons. The molecule has 5 heteroatoms. The fraction of sp³-hybridized carbons (Fsp3) is 0.300. The fourth-order valence-corrected chi connectivity index (χ4v) is 1.65. The summed E-state index contributed by atoms with van der Waals surface area (Å²) in [7, 11) is 0. The van der Waals surface area contributed by atoms with E-state index in [1.807, 2.05) is 0 Å². The lowest BCUT2D eigenvalue weighted by Crippen LogP contribution is -2.05. The predicted molar refractivity (Wildman–Crippen MR) is 55.4 cm³/mol. The van der Waals surface area contributed by atoms with Crippen LogP contribution < -0.4 is 0 Å². The van der Waals surface area contributed by atoms with Crippen molar-refractivity contribution in [3.63, 3.8) is 0 Å². The van der Waals surface area contributed by atoms with Crippen molar-refractivity contribution in [2.75, 3.05) is 0 Å². The van der Waals surface area contributed by atoms with Gasteiger partial charge in [0.15, 0.2) is 0 Å². The SMILES string of the molecule is CC(=O)C(Br)c1cccc(O)c1C(F)F. The van der Waals surface area contributed by atoms with Gasteiger partial charge in [-0.25, -0.2) is 8.78 Å². The number of alkyl halides is 3. The third-order valence-corrected chi connectivity index (χ3v) is 3.10. The Bertz CT molecular complexity index is 380. The van der Waals surface area contributed by atoms with E-state index in [2.05, 4.69) is 15.9 Å². The van der Waals surface area contributed by atoms with Gasteiger partial charge in [0.1, 0.15) is 11.5 Å². The topological polar surface area (TPSA) is 37.3 Å². The summed E-state index contributed by atoms with van der Waals surface area (Å²) in [5, 5.41) is 9.28. The highest BCUT2D eigenvalue weighted by Gasteiger charge is 2.24. The lowest BCUT2D eigenvalue weighted by atomic mass is 10.0. The van der Waals surface area contributed by atoms with Gasteiger partial charge in [0.05, 0.1) is 10.4 Å². The largest absolute Gasteiger partial charge is 0.507 e. The Kier molecular flexibility index (Phi) is 3.79. The molecule has 1 rings (SSSR count). The molecule has 0 amide bonds. The monoisotopic (exact) mass is 278 g/mol. The summed E-state index contributed by atoms with van der Waals surface area (Å²) >= 11 is 3.01. The van der Waals surface area contributed by atoms with Gasteiger partial charge in [0.25, 0.3) is 6.43 Å². The Balaban J connectivity index is 3.28. The van der Waals surface area contributed by atoms with Crippen LogP contribution >= 0.6 is 15.9 Å². The quantitative estimate of drug-likeness (QED) is 0.861. The van der Waals surface area contributed by atoms with Gasteiger partial charge in [0.2, 0.25) is 0 Å². The van der Waals surface area contributed by atoms with E-state index in [1.165, 1.54) is 25.1 Å². The minimum Gasteiger partial charge on any atom is -0.507 e. The molecule has 1 aromatic carbocycles. The summed E-state index contributed by atoms with van der Waals surface area (Å²) in [4.78, 5) is 10.2. The Morgan fingerprint density at radius 3 is 2.53 bits per heavy atom. The number of hydrogen-bond acceptors (Lipinski definition) is 2. The Hall–Kier alpha value is -0.970. The number of phenolic OH excluding ortho intramolecular Hbond substituents is 1. The van der Waals surface area contributed by atoms with Crippen molar-refractivity contribution < 1.29 is 18.7 Å². The molecule has 15 heavy (non-hydrogen) atoms. The van der Waals surface area contributed by atoms with Gasteiger partial charge in [-0.3, -0.25) is 4.79 Å². The molecule has 0 heterocycles. The second-order valence-corrected chi connectivity index (χ2v) is 3.97. The first-order valence-electron chi connectivity index (χ1n) is 4.19. The number of carbonyl (C=O) groups is 1. The van der Waals surface area contributed by atoms with Crippen molar-refractivity contribution in [3.05, 3.63) is 29.3 Å². The van der Waals surface area contributed by atoms with Gasteiger partial charge < -0.3 is 5.11 Å². The van der Waals surface area contributed by atoms with Crippen LogP contribution in [0.4, 0.5) is 8.78 Å². The molecule has 0 spiro atoms. The van der Waals surface area contributed by atoms with Crippen LogP contribution in [0.2, 0.25) is 0 Å². The highest BCUT2D eigenvalue weighted by Crippen LogP contribution is 2.37. The zero-order valence-electron chi connectivity index (χ0n) is 7.88. The van der Waals surface area contributed by atoms with Crippen molar-refractivity contribution in [2.24, 2.45) is 0 Å². The molecule has 0 aliphatic heterocycles. The molecule has 0 aliphatic carbocycles. The van der Waals surface area contributed by atoms with Gasteiger partial charge in [-0.2, -0.15) is 0 Å². The van der Waals surface area contributed by atoms with Crippen molar-refractivity contribution in [3.8, 4) is 5.75 Å². The number of carbonyl (C=O) groups excluding carboxylic acids is 1. The molecule has 0 bridgehead atoms. The minimum absolute atomic E-state index is 0.109. The van der Waals surface area contributed by atoms with Crippen molar-refractivity contribution in [2.45, 2.75) is 18.2 Å². The maximum absolute atomic E-state index is 12.6. The third-order valence-electron chi connectivity index (χ3n) is 1.97. The molecule has 0 radical (unpaired) electrons. The van der Waals surface area contributed by atoms with Crippen LogP contribution in [-0.4, -0.2) is 10.9 Å². The molecule has 2 nitrogen and oxygen atoms in total. The molecule has 0 fully saturated rings. The number of hydrogen-bond donors (Lipinski definition) is 1. The van der Waals surface area contributed by atoms with Crippen LogP contribution in [-0.2, 0) is 4.79 Å². The third kappa shape index (κ3) is 2.53. The summed E-state index contributed by atoms with van der Waals surface area (Å²) in [5.74, 6) is -0.782. The standard InChI is InChI=1S/C10H9BrF2O2/c1-5(14)9(11)6-3-2-4-7(15)8(6)10(12)13/h2-4,9-10,15H,1H3. The van der Waals surface area contributed by atoms with E-state index in [1.54, 1.807) is 0 Å². The molecule has 0 saturated heterocycles. The molecular formula is C10H9BrF2O2. The fourth-order valence-electron chi connectivity index (χ4n) is 1.25. The van der Waals surface area contributed by atoms with Crippen molar-refractivity contribution >= 4 is 21.7 Å². The van der Waals surface area contributed by atoms with Gasteiger partial charge in [0, 0.05) is 0 Å². The van der Waals surface area contributed by atoms with Crippen molar-refractivity contribution in [1.29, 1.82) is 0 Å². The van der Waals surface area contributed by atoms with Gasteiger partial charge in [-0.15, -0.1) is 0 Å². The summed E-state index contributed by atoms with van der Waals surface area (Å²) in [5.41, 5.74) is -0.382. The molecule has 1 unspecified atom stereocenters. The highest BCUT2D eigenvalue weighted by molar-refractivity contribution is 9.09. The van der Waals surface area contributed by atoms with Crippen LogP contribution in [0.25, 0.3) is 0 Å². The van der Waals surface area contributed by atoms with Gasteiger partial charge in [-0.1, -0.05) is 28.1 Å². The maximum Gasteiger partial charge on any atom is 0.267 e. The van der Waals surface area contributed by atoms with Crippen LogP contribution in [0.1, 0.15) is 29.3 Å². The number of phenols is 1. The molecule has 1 N–H and O–H groups in total. The van der Waals surface area contributed by atoms with Crippen LogP contribution in [0.3, 0.4) is 0 Å². The molecule has 0 saturated carbocycles. The van der Waals surface area contributed by atoms with Crippen molar-refractivity contribution in [1.82, 2.24) is 0 Å². The van der Waals surface area contributed by atoms with Crippen LogP contribution in [0.5, 0.6) is 5.75 Å². The smallest absolute Gasteiger partial charge is 0.267 e. The molecular weight excluding hydrogens is 270 g/mol. The number of aromatic hydroxyl groups is 1. The number of ketones is 1. The average molecular weight is 279 g/mol. The number of benzene rings is 1. The molecule has 0 aliphatic rings. The Morgan fingerprint density at radius 2 is 2.07 bits per heavy atom. The summed E-state index contributed by atoms with van der Waals surface area (Å²) in [6, 6.07) is 3.99. The minimum atomic E-state index is -2.81. The van der Waals surface area contributed by atoms with E-state index < -0.39 is 22.6 Å². The second kappa shape index (κ2) is 4.70. The first-order chi connectivity index (χ1) is 6.95. The number of rotatable bonds is 3. The van der Waals surface area contributed by atoms with Gasteiger partial charge in [-0.05, 0) is 18.6 Å². The zero-order valence-corrected chi connectivity index (χ0v) is 9.46. The summed E-state index contributed by atoms with van der Waals surface area (Å²) in [6.07, 6.45) is -2.81. The Morgan fingerprint density at radius 1 is 1.47 bits per heavy atom. The first kappa shape index (κ1) is 12.1. The first-order valence-corrected chi connectivity index (χ1v) is 5.11. The second-order valence-electron chi connectivity index (χ2n) is 3.05. The van der Waals surface area contributed by atoms with E-state index in [4.69, 9.17) is 0 Å². The van der Waals surface area contributed by atoms with E-state index in [0.717, 1.165) is 0 Å². The van der Waals surface area contributed by atoms with E-state index in [0.29, 0.717) is 0 Å². The molecule has 1 aromatic rings. The van der Waals surface area contributed by atoms with E-state index in [-0.39, 0.29) is 11.3 Å². The summed E-state index contributed by atoms with van der Waals surface area (Å²) in [6.45, 7) is 1.29. The average Bonchev–Trinajstić information content (AvgIpc) is 2.15. The number of Topliss-reactive ketones (excluding diaryl/α,β-unsaturated/α-hetero) is 1. The lowest BCUT2D eigenvalue weighted by Gasteiger charge is -2.13. The Labute approximate surface area is 94.0 Å². The molecule has 0 aromatic heterocycles.